The molecule has 0 aliphatic heterocycles. The van der Waals surface area contributed by atoms with Gasteiger partial charge in [-0.15, -0.1) is 0 Å². The summed E-state index contributed by atoms with van der Waals surface area (Å²) in [4.78, 5) is 25.5. The Labute approximate surface area is 157 Å². The van der Waals surface area contributed by atoms with Crippen LogP contribution in [-0.4, -0.2) is 38.7 Å². The number of fused-ring (bicyclic) bond motifs is 1. The lowest BCUT2D eigenvalue weighted by atomic mass is 10.2. The highest BCUT2D eigenvalue weighted by Gasteiger charge is 2.20. The topological polar surface area (TPSA) is 94.0 Å². The molecule has 2 heterocycles. The van der Waals surface area contributed by atoms with Crippen molar-refractivity contribution in [3.05, 3.63) is 30.6 Å². The fourth-order valence-corrected chi connectivity index (χ4v) is 3.49. The van der Waals surface area contributed by atoms with Crippen LogP contribution in [-0.2, 0) is 7.05 Å². The van der Waals surface area contributed by atoms with Gasteiger partial charge in [0.15, 0.2) is 17.0 Å². The fraction of sp³-hybridized carbons (Fsp3) is 0.368. The zero-order valence-corrected chi connectivity index (χ0v) is 15.4. The molecule has 3 aromatic rings. The molecule has 4 rings (SSSR count). The molecule has 2 amide bonds. The first-order valence-electron chi connectivity index (χ1n) is 9.05. The summed E-state index contributed by atoms with van der Waals surface area (Å²) >= 11 is 0. The van der Waals surface area contributed by atoms with Gasteiger partial charge in [0.2, 0.25) is 0 Å². The average molecular weight is 366 g/mol. The van der Waals surface area contributed by atoms with E-state index in [1.165, 1.54) is 6.33 Å². The number of aromatic nitrogens is 4. The molecule has 1 aliphatic rings. The minimum Gasteiger partial charge on any atom is -0.497 e. The molecular formula is C19H22N6O2. The van der Waals surface area contributed by atoms with E-state index in [4.69, 9.17) is 4.74 Å². The van der Waals surface area contributed by atoms with Crippen molar-refractivity contribution < 1.29 is 9.53 Å². The SMILES string of the molecule is COc1ccc(-c2nc3c(NC(=O)NC4CCCC4)ncnc3n2C)cc1. The van der Waals surface area contributed by atoms with E-state index in [0.717, 1.165) is 42.8 Å². The number of amides is 2. The number of anilines is 1. The number of rotatable bonds is 4. The number of aryl methyl sites for hydroxylation is 1. The molecule has 0 unspecified atom stereocenters. The van der Waals surface area contributed by atoms with E-state index in [9.17, 15) is 4.79 Å². The lowest BCUT2D eigenvalue weighted by molar-refractivity contribution is 0.248. The Hall–Kier alpha value is -3.16. The number of nitrogens with one attached hydrogen (secondary N) is 2. The van der Waals surface area contributed by atoms with Crippen LogP contribution in [0.4, 0.5) is 10.6 Å². The van der Waals surface area contributed by atoms with Crippen molar-refractivity contribution in [2.24, 2.45) is 7.05 Å². The third-order valence-corrected chi connectivity index (χ3v) is 4.93. The van der Waals surface area contributed by atoms with E-state index in [-0.39, 0.29) is 12.1 Å². The lowest BCUT2D eigenvalue weighted by Gasteiger charge is -2.12. The third kappa shape index (κ3) is 3.42. The molecule has 0 atom stereocenters. The quantitative estimate of drug-likeness (QED) is 0.740. The van der Waals surface area contributed by atoms with Crippen molar-refractivity contribution in [2.45, 2.75) is 31.7 Å². The Morgan fingerprint density at radius 2 is 1.93 bits per heavy atom. The van der Waals surface area contributed by atoms with Gasteiger partial charge in [0.25, 0.3) is 0 Å². The molecule has 1 saturated carbocycles. The lowest BCUT2D eigenvalue weighted by Crippen LogP contribution is -2.36. The van der Waals surface area contributed by atoms with Gasteiger partial charge in [-0.25, -0.2) is 19.7 Å². The number of nitrogens with zero attached hydrogens (tertiary/aromatic N) is 4. The summed E-state index contributed by atoms with van der Waals surface area (Å²) in [7, 11) is 3.53. The maximum Gasteiger partial charge on any atom is 0.320 e. The van der Waals surface area contributed by atoms with E-state index in [0.29, 0.717) is 17.0 Å². The summed E-state index contributed by atoms with van der Waals surface area (Å²) in [6.07, 6.45) is 5.81. The average Bonchev–Trinajstić information content (AvgIpc) is 3.31. The molecule has 8 nitrogen and oxygen atoms in total. The smallest absolute Gasteiger partial charge is 0.320 e. The third-order valence-electron chi connectivity index (χ3n) is 4.93. The van der Waals surface area contributed by atoms with Crippen molar-refractivity contribution in [1.29, 1.82) is 0 Å². The number of methoxy groups -OCH3 is 1. The van der Waals surface area contributed by atoms with Crippen LogP contribution >= 0.6 is 0 Å². The second-order valence-corrected chi connectivity index (χ2v) is 6.70. The molecule has 27 heavy (non-hydrogen) atoms. The summed E-state index contributed by atoms with van der Waals surface area (Å²) in [6.45, 7) is 0. The molecule has 0 saturated heterocycles. The second-order valence-electron chi connectivity index (χ2n) is 6.70. The number of hydrogen-bond acceptors (Lipinski definition) is 5. The van der Waals surface area contributed by atoms with Crippen LogP contribution in [0.2, 0.25) is 0 Å². The van der Waals surface area contributed by atoms with Gasteiger partial charge in [-0.1, -0.05) is 12.8 Å². The van der Waals surface area contributed by atoms with E-state index in [1.807, 2.05) is 35.9 Å². The maximum atomic E-state index is 12.3. The van der Waals surface area contributed by atoms with Crippen LogP contribution in [0.15, 0.2) is 30.6 Å². The van der Waals surface area contributed by atoms with Crippen molar-refractivity contribution >= 4 is 23.0 Å². The normalized spacial score (nSPS) is 14.4. The highest BCUT2D eigenvalue weighted by molar-refractivity contribution is 5.97. The molecule has 0 bridgehead atoms. The summed E-state index contributed by atoms with van der Waals surface area (Å²) in [5.41, 5.74) is 2.15. The molecule has 1 aromatic carbocycles. The molecular weight excluding hydrogens is 344 g/mol. The Kier molecular flexibility index (Phi) is 4.62. The van der Waals surface area contributed by atoms with Gasteiger partial charge >= 0.3 is 6.03 Å². The van der Waals surface area contributed by atoms with Crippen molar-refractivity contribution in [1.82, 2.24) is 24.8 Å². The van der Waals surface area contributed by atoms with E-state index in [1.54, 1.807) is 7.11 Å². The molecule has 0 spiro atoms. The van der Waals surface area contributed by atoms with Gasteiger partial charge in [0.05, 0.1) is 7.11 Å². The number of urea groups is 1. The molecule has 2 N–H and O–H groups in total. The molecule has 140 valence electrons. The van der Waals surface area contributed by atoms with Gasteiger partial charge in [-0.05, 0) is 37.1 Å². The Morgan fingerprint density at radius 1 is 1.19 bits per heavy atom. The van der Waals surface area contributed by atoms with Crippen molar-refractivity contribution in [3.63, 3.8) is 0 Å². The Balaban J connectivity index is 1.63. The molecule has 8 heteroatoms. The van der Waals surface area contributed by atoms with Gasteiger partial charge in [0.1, 0.15) is 17.9 Å². The zero-order valence-electron chi connectivity index (χ0n) is 15.4. The monoisotopic (exact) mass is 366 g/mol. The number of imidazole rings is 1. The Morgan fingerprint density at radius 3 is 2.63 bits per heavy atom. The predicted molar refractivity (Wildman–Crippen MR) is 103 cm³/mol. The highest BCUT2D eigenvalue weighted by atomic mass is 16.5. The first-order valence-corrected chi connectivity index (χ1v) is 9.05. The van der Waals surface area contributed by atoms with Gasteiger partial charge < -0.3 is 14.6 Å². The minimum atomic E-state index is -0.251. The fourth-order valence-electron chi connectivity index (χ4n) is 3.49. The van der Waals surface area contributed by atoms with Crippen LogP contribution in [0.3, 0.4) is 0 Å². The van der Waals surface area contributed by atoms with E-state index < -0.39 is 0 Å². The van der Waals surface area contributed by atoms with Gasteiger partial charge in [-0.2, -0.15) is 0 Å². The molecule has 2 aromatic heterocycles. The van der Waals surface area contributed by atoms with E-state index >= 15 is 0 Å². The van der Waals surface area contributed by atoms with Crippen molar-refractivity contribution in [2.75, 3.05) is 12.4 Å². The maximum absolute atomic E-state index is 12.3. The van der Waals surface area contributed by atoms with Crippen LogP contribution in [0, 0.1) is 0 Å². The van der Waals surface area contributed by atoms with Crippen LogP contribution in [0.1, 0.15) is 25.7 Å². The number of hydrogen-bond donors (Lipinski definition) is 2. The summed E-state index contributed by atoms with van der Waals surface area (Å²) in [6, 6.07) is 7.63. The second kappa shape index (κ2) is 7.22. The zero-order chi connectivity index (χ0) is 18.8. The number of carbonyl (C=O) groups is 1. The first-order chi connectivity index (χ1) is 13.2. The first kappa shape index (κ1) is 17.3. The highest BCUT2D eigenvalue weighted by Crippen LogP contribution is 2.27. The number of benzene rings is 1. The number of ether oxygens (including phenoxy) is 1. The van der Waals surface area contributed by atoms with E-state index in [2.05, 4.69) is 25.6 Å². The molecule has 0 radical (unpaired) electrons. The summed E-state index contributed by atoms with van der Waals surface area (Å²) in [5, 5.41) is 5.82. The van der Waals surface area contributed by atoms with Gasteiger partial charge in [0, 0.05) is 18.7 Å². The standard InChI is InChI=1S/C19H22N6O2/c1-25-17(12-7-9-14(27-2)10-8-12)23-15-16(20-11-21-18(15)25)24-19(26)22-13-5-3-4-6-13/h7-11,13H,3-6H2,1-2H3,(H2,20,21,22,24,26). The van der Waals surface area contributed by atoms with Crippen molar-refractivity contribution in [3.8, 4) is 17.1 Å². The van der Waals surface area contributed by atoms with Crippen LogP contribution in [0.25, 0.3) is 22.6 Å². The van der Waals surface area contributed by atoms with Crippen LogP contribution < -0.4 is 15.4 Å². The molecule has 1 aliphatic carbocycles. The largest absolute Gasteiger partial charge is 0.497 e. The minimum absolute atomic E-state index is 0.237. The predicted octanol–water partition coefficient (Wildman–Crippen LogP) is 3.10. The summed E-state index contributed by atoms with van der Waals surface area (Å²) in [5.74, 6) is 1.93. The summed E-state index contributed by atoms with van der Waals surface area (Å²) < 4.78 is 7.10. The molecule has 1 fully saturated rings. The Bertz CT molecular complexity index is 960. The number of carbonyl (C=O) groups excluding carboxylic acids is 1. The van der Waals surface area contributed by atoms with Crippen LogP contribution in [0.5, 0.6) is 5.75 Å². The van der Waals surface area contributed by atoms with Gasteiger partial charge in [-0.3, -0.25) is 5.32 Å².